The highest BCUT2D eigenvalue weighted by molar-refractivity contribution is 5.94. The third-order valence-electron chi connectivity index (χ3n) is 7.55. The van der Waals surface area contributed by atoms with Gasteiger partial charge >= 0.3 is 0 Å². The molecule has 2 aromatic carbocycles. The molecule has 38 heavy (non-hydrogen) atoms. The Kier molecular flexibility index (Phi) is 6.60. The van der Waals surface area contributed by atoms with Gasteiger partial charge in [-0.1, -0.05) is 6.07 Å². The lowest BCUT2D eigenvalue weighted by molar-refractivity contribution is 0.0615. The van der Waals surface area contributed by atoms with Crippen LogP contribution in [0, 0.1) is 0 Å². The molecule has 0 spiro atoms. The van der Waals surface area contributed by atoms with Gasteiger partial charge in [0.2, 0.25) is 12.5 Å². The lowest BCUT2D eigenvalue weighted by atomic mass is 9.90. The molecule has 0 unspecified atom stereocenters. The molecule has 0 saturated carbocycles. The predicted molar refractivity (Wildman–Crippen MR) is 136 cm³/mol. The van der Waals surface area contributed by atoms with Crippen molar-refractivity contribution in [2.75, 3.05) is 66.8 Å². The number of piperazine rings is 1. The molecular weight excluding hydrogens is 490 g/mol. The summed E-state index contributed by atoms with van der Waals surface area (Å²) in [4.78, 5) is 19.5. The molecule has 12 heteroatoms. The van der Waals surface area contributed by atoms with Gasteiger partial charge in [0.05, 0.1) is 19.4 Å². The van der Waals surface area contributed by atoms with E-state index < -0.39 is 0 Å². The number of fused-ring (bicyclic) bond motifs is 2. The fraction of sp³-hybridized carbons (Fsp3) is 0.462. The second kappa shape index (κ2) is 10.2. The van der Waals surface area contributed by atoms with E-state index in [9.17, 15) is 9.90 Å². The summed E-state index contributed by atoms with van der Waals surface area (Å²) in [5, 5.41) is 22.0. The molecule has 3 aromatic rings. The maximum atomic E-state index is 13.3. The molecule has 0 aliphatic carbocycles. The van der Waals surface area contributed by atoms with Crippen LogP contribution in [0.2, 0.25) is 0 Å². The Hall–Kier alpha value is -3.74. The number of aliphatic hydroxyl groups excluding tert-OH is 1. The largest absolute Gasteiger partial charge is 0.492 e. The lowest BCUT2D eigenvalue weighted by Gasteiger charge is -2.35. The third kappa shape index (κ3) is 4.24. The van der Waals surface area contributed by atoms with Gasteiger partial charge in [0.1, 0.15) is 6.04 Å². The van der Waals surface area contributed by atoms with Gasteiger partial charge in [-0.05, 0) is 53.7 Å². The van der Waals surface area contributed by atoms with Gasteiger partial charge in [-0.3, -0.25) is 14.6 Å². The first-order valence-corrected chi connectivity index (χ1v) is 12.8. The van der Waals surface area contributed by atoms with E-state index in [1.807, 2.05) is 42.3 Å². The molecule has 1 fully saturated rings. The second-order valence-electron chi connectivity index (χ2n) is 9.71. The maximum absolute atomic E-state index is 13.3. The Morgan fingerprint density at radius 2 is 2.00 bits per heavy atom. The van der Waals surface area contributed by atoms with Crippen molar-refractivity contribution in [1.82, 2.24) is 34.9 Å². The Balaban J connectivity index is 1.33. The number of ether oxygens (including phenoxy) is 3. The molecule has 1 aromatic heterocycles. The fourth-order valence-electron chi connectivity index (χ4n) is 5.58. The summed E-state index contributed by atoms with van der Waals surface area (Å²) in [5.41, 5.74) is 3.34. The molecule has 4 heterocycles. The highest BCUT2D eigenvalue weighted by atomic mass is 16.7. The topological polar surface area (TPSA) is 118 Å². The van der Waals surface area contributed by atoms with Crippen LogP contribution in [0.4, 0.5) is 0 Å². The van der Waals surface area contributed by atoms with Crippen LogP contribution in [0.5, 0.6) is 17.2 Å². The number of benzene rings is 2. The second-order valence-corrected chi connectivity index (χ2v) is 9.71. The van der Waals surface area contributed by atoms with Crippen LogP contribution >= 0.6 is 0 Å². The number of aromatic nitrogens is 4. The zero-order valence-electron chi connectivity index (χ0n) is 21.5. The molecule has 12 nitrogen and oxygen atoms in total. The standard InChI is InChI=1S/C26H31N7O5/c1-30-7-6-17-15-20-23(38-16-37-20)24(36-2)21(17)22(30)25-27-28-29-33(25)19-5-3-4-18(14-19)26(35)32-10-8-31(9-11-32)12-13-34/h3-5,14-15,22,34H,6-13,16H2,1-2H3/t22-/m0/s1. The van der Waals surface area contributed by atoms with Gasteiger partial charge < -0.3 is 24.2 Å². The number of aliphatic hydroxyl groups is 1. The molecule has 3 aliphatic heterocycles. The summed E-state index contributed by atoms with van der Waals surface area (Å²) in [6, 6.07) is 9.14. The first kappa shape index (κ1) is 24.6. The molecule has 3 aliphatic rings. The van der Waals surface area contributed by atoms with E-state index in [0.717, 1.165) is 37.2 Å². The number of rotatable bonds is 6. The van der Waals surface area contributed by atoms with Gasteiger partial charge in [-0.25, -0.2) is 0 Å². The van der Waals surface area contributed by atoms with Crippen molar-refractivity contribution in [3.63, 3.8) is 0 Å². The van der Waals surface area contributed by atoms with E-state index in [0.29, 0.717) is 54.0 Å². The zero-order valence-corrected chi connectivity index (χ0v) is 21.5. The number of β-amino-alcohol motifs (C(OH)–C–C–N with tert-alkyl or cyclic N) is 1. The van der Waals surface area contributed by atoms with Crippen LogP contribution in [-0.4, -0.2) is 113 Å². The van der Waals surface area contributed by atoms with Crippen molar-refractivity contribution < 1.29 is 24.1 Å². The van der Waals surface area contributed by atoms with Crippen LogP contribution in [0.1, 0.15) is 33.4 Å². The van der Waals surface area contributed by atoms with Gasteiger partial charge in [-0.15, -0.1) is 5.10 Å². The van der Waals surface area contributed by atoms with Gasteiger partial charge in [0, 0.05) is 50.4 Å². The van der Waals surface area contributed by atoms with Crippen molar-refractivity contribution in [1.29, 1.82) is 0 Å². The smallest absolute Gasteiger partial charge is 0.254 e. The molecule has 1 N–H and O–H groups in total. The molecule has 200 valence electrons. The highest BCUT2D eigenvalue weighted by Crippen LogP contribution is 2.50. The minimum Gasteiger partial charge on any atom is -0.492 e. The third-order valence-corrected chi connectivity index (χ3v) is 7.55. The Morgan fingerprint density at radius 1 is 1.16 bits per heavy atom. The van der Waals surface area contributed by atoms with E-state index in [4.69, 9.17) is 14.2 Å². The van der Waals surface area contributed by atoms with Crippen molar-refractivity contribution in [3.8, 4) is 22.9 Å². The average molecular weight is 522 g/mol. The van der Waals surface area contributed by atoms with Crippen LogP contribution in [-0.2, 0) is 6.42 Å². The number of hydrogen-bond acceptors (Lipinski definition) is 10. The minimum absolute atomic E-state index is 0.0281. The Labute approximate surface area is 220 Å². The molecule has 6 rings (SSSR count). The molecule has 1 amide bonds. The van der Waals surface area contributed by atoms with Gasteiger partial charge in [-0.2, -0.15) is 4.68 Å². The normalized spacial score (nSPS) is 19.4. The van der Waals surface area contributed by atoms with E-state index in [1.54, 1.807) is 11.8 Å². The summed E-state index contributed by atoms with van der Waals surface area (Å²) in [6.45, 7) is 4.45. The Morgan fingerprint density at radius 3 is 2.79 bits per heavy atom. The molecule has 0 bridgehead atoms. The number of nitrogens with zero attached hydrogens (tertiary/aromatic N) is 7. The summed E-state index contributed by atoms with van der Waals surface area (Å²) >= 11 is 0. The number of hydrogen-bond donors (Lipinski definition) is 1. The number of methoxy groups -OCH3 is 1. The van der Waals surface area contributed by atoms with Crippen molar-refractivity contribution in [2.45, 2.75) is 12.5 Å². The van der Waals surface area contributed by atoms with Gasteiger partial charge in [0.15, 0.2) is 17.3 Å². The monoisotopic (exact) mass is 521 g/mol. The maximum Gasteiger partial charge on any atom is 0.254 e. The van der Waals surface area contributed by atoms with Crippen LogP contribution in [0.25, 0.3) is 5.69 Å². The number of carbonyl (C=O) groups is 1. The van der Waals surface area contributed by atoms with E-state index in [2.05, 4.69) is 25.3 Å². The van der Waals surface area contributed by atoms with E-state index >= 15 is 0 Å². The van der Waals surface area contributed by atoms with Crippen molar-refractivity contribution in [2.24, 2.45) is 0 Å². The number of amides is 1. The van der Waals surface area contributed by atoms with Crippen LogP contribution in [0.15, 0.2) is 30.3 Å². The highest BCUT2D eigenvalue weighted by Gasteiger charge is 2.38. The molecule has 1 saturated heterocycles. The van der Waals surface area contributed by atoms with Crippen LogP contribution < -0.4 is 14.2 Å². The summed E-state index contributed by atoms with van der Waals surface area (Å²) < 4.78 is 18.9. The zero-order chi connectivity index (χ0) is 26.2. The fourth-order valence-corrected chi connectivity index (χ4v) is 5.58. The number of likely N-dealkylation sites (N-methyl/N-ethyl adjacent to an activating group) is 1. The summed E-state index contributed by atoms with van der Waals surface area (Å²) in [5.74, 6) is 2.50. The molecular formula is C26H31N7O5. The molecule has 0 radical (unpaired) electrons. The predicted octanol–water partition coefficient (Wildman–Crippen LogP) is 0.727. The first-order chi connectivity index (χ1) is 18.6. The lowest BCUT2D eigenvalue weighted by Crippen LogP contribution is -2.49. The van der Waals surface area contributed by atoms with Crippen molar-refractivity contribution >= 4 is 5.91 Å². The SMILES string of the molecule is COc1c2c(cc3c1[C@@H](c1nnnn1-c1cccc(C(=O)N4CCN(CCO)CC4)c1)N(C)CC3)OCO2. The number of carbonyl (C=O) groups excluding carboxylic acids is 1. The Bertz CT molecular complexity index is 1340. The van der Waals surface area contributed by atoms with E-state index in [1.165, 1.54) is 0 Å². The number of tetrazole rings is 1. The van der Waals surface area contributed by atoms with Crippen LogP contribution in [0.3, 0.4) is 0 Å². The van der Waals surface area contributed by atoms with E-state index in [-0.39, 0.29) is 25.3 Å². The summed E-state index contributed by atoms with van der Waals surface area (Å²) in [6.07, 6.45) is 0.826. The minimum atomic E-state index is -0.294. The molecule has 1 atom stereocenters. The summed E-state index contributed by atoms with van der Waals surface area (Å²) in [7, 11) is 3.66. The quantitative estimate of drug-likeness (QED) is 0.497. The van der Waals surface area contributed by atoms with Crippen molar-refractivity contribution in [3.05, 3.63) is 52.8 Å². The van der Waals surface area contributed by atoms with Gasteiger partial charge in [0.25, 0.3) is 5.91 Å². The first-order valence-electron chi connectivity index (χ1n) is 12.8. The average Bonchev–Trinajstić information content (AvgIpc) is 3.62.